The van der Waals surface area contributed by atoms with Gasteiger partial charge >= 0.3 is 0 Å². The molecule has 0 N–H and O–H groups in total. The number of ether oxygens (including phenoxy) is 1. The van der Waals surface area contributed by atoms with Crippen LogP contribution >= 0.6 is 0 Å². The number of benzene rings is 1. The Balaban J connectivity index is 1.44. The van der Waals surface area contributed by atoms with Crippen molar-refractivity contribution in [3.63, 3.8) is 0 Å². The molecule has 0 saturated carbocycles. The van der Waals surface area contributed by atoms with Crippen molar-refractivity contribution in [1.82, 2.24) is 4.90 Å². The number of carbonyl (C=O) groups is 2. The van der Waals surface area contributed by atoms with Crippen LogP contribution in [0, 0.1) is 17.2 Å². The highest BCUT2D eigenvalue weighted by atomic mass is 19.1. The first-order valence-corrected chi connectivity index (χ1v) is 9.49. The number of rotatable bonds is 2. The molecule has 4 rings (SSSR count). The molecule has 0 radical (unpaired) electrons. The summed E-state index contributed by atoms with van der Waals surface area (Å²) in [5.74, 6) is -0.738. The maximum Gasteiger partial charge on any atom is 0.228 e. The van der Waals surface area contributed by atoms with Crippen molar-refractivity contribution >= 4 is 17.5 Å². The molecule has 6 heteroatoms. The molecule has 1 atom stereocenters. The van der Waals surface area contributed by atoms with Gasteiger partial charge in [-0.3, -0.25) is 9.59 Å². The van der Waals surface area contributed by atoms with Crippen molar-refractivity contribution in [1.29, 1.82) is 0 Å². The molecule has 1 aromatic carbocycles. The quantitative estimate of drug-likeness (QED) is 0.815. The van der Waals surface area contributed by atoms with E-state index in [0.29, 0.717) is 12.2 Å². The zero-order chi connectivity index (χ0) is 18.1. The third kappa shape index (κ3) is 3.34. The molecule has 3 aliphatic rings. The molecule has 1 aromatic rings. The van der Waals surface area contributed by atoms with Crippen LogP contribution in [-0.2, 0) is 14.3 Å². The summed E-state index contributed by atoms with van der Waals surface area (Å²) in [5, 5.41) is 0. The largest absolute Gasteiger partial charge is 0.381 e. The van der Waals surface area contributed by atoms with E-state index >= 15 is 0 Å². The molecular formula is C20H25FN2O3. The van der Waals surface area contributed by atoms with Gasteiger partial charge in [-0.15, -0.1) is 0 Å². The van der Waals surface area contributed by atoms with Crippen LogP contribution < -0.4 is 4.90 Å². The fourth-order valence-electron chi connectivity index (χ4n) is 4.63. The standard InChI is InChI=1S/C20H25FN2O3/c21-16-3-1-4-17(12-16)23-13-15(11-18(23)24)19(25)22-8-2-5-20(14-22)6-9-26-10-7-20/h1,3-4,12,15H,2,5-11,13-14H2/t15-/m0/s1. The summed E-state index contributed by atoms with van der Waals surface area (Å²) >= 11 is 0. The number of hydrogen-bond acceptors (Lipinski definition) is 3. The van der Waals surface area contributed by atoms with Crippen LogP contribution in [0.4, 0.5) is 10.1 Å². The van der Waals surface area contributed by atoms with E-state index in [1.165, 1.54) is 12.1 Å². The van der Waals surface area contributed by atoms with Crippen LogP contribution in [0.15, 0.2) is 24.3 Å². The van der Waals surface area contributed by atoms with Crippen molar-refractivity contribution in [2.24, 2.45) is 11.3 Å². The molecule has 140 valence electrons. The van der Waals surface area contributed by atoms with Gasteiger partial charge in [0.2, 0.25) is 11.8 Å². The fourth-order valence-corrected chi connectivity index (χ4v) is 4.63. The number of nitrogens with zero attached hydrogens (tertiary/aromatic N) is 2. The van der Waals surface area contributed by atoms with Crippen molar-refractivity contribution < 1.29 is 18.7 Å². The zero-order valence-corrected chi connectivity index (χ0v) is 15.0. The molecule has 0 bridgehead atoms. The van der Waals surface area contributed by atoms with Crippen LogP contribution in [0.25, 0.3) is 0 Å². The molecule has 3 heterocycles. The van der Waals surface area contributed by atoms with E-state index in [1.54, 1.807) is 17.0 Å². The van der Waals surface area contributed by atoms with Crippen LogP contribution in [0.1, 0.15) is 32.1 Å². The molecule has 3 aliphatic heterocycles. The summed E-state index contributed by atoms with van der Waals surface area (Å²) in [5.41, 5.74) is 0.724. The van der Waals surface area contributed by atoms with Crippen molar-refractivity contribution in [3.8, 4) is 0 Å². The Morgan fingerprint density at radius 2 is 2.04 bits per heavy atom. The van der Waals surface area contributed by atoms with E-state index in [2.05, 4.69) is 0 Å². The number of anilines is 1. The molecule has 1 spiro atoms. The zero-order valence-electron chi connectivity index (χ0n) is 15.0. The maximum absolute atomic E-state index is 13.5. The second-order valence-corrected chi connectivity index (χ2v) is 7.86. The molecule has 0 aromatic heterocycles. The van der Waals surface area contributed by atoms with Gasteiger partial charge in [0.25, 0.3) is 0 Å². The third-order valence-corrected chi connectivity index (χ3v) is 6.12. The summed E-state index contributed by atoms with van der Waals surface area (Å²) in [4.78, 5) is 29.0. The van der Waals surface area contributed by atoms with Gasteiger partial charge in [-0.1, -0.05) is 6.07 Å². The second-order valence-electron chi connectivity index (χ2n) is 7.86. The molecule has 3 fully saturated rings. The number of carbonyl (C=O) groups excluding carboxylic acids is 2. The van der Waals surface area contributed by atoms with Crippen molar-refractivity contribution in [2.45, 2.75) is 32.1 Å². The summed E-state index contributed by atoms with van der Waals surface area (Å²) < 4.78 is 19.0. The maximum atomic E-state index is 13.5. The van der Waals surface area contributed by atoms with Gasteiger partial charge in [0.15, 0.2) is 0 Å². The number of hydrogen-bond donors (Lipinski definition) is 0. The first-order chi connectivity index (χ1) is 12.6. The van der Waals surface area contributed by atoms with Crippen LogP contribution in [0.2, 0.25) is 0 Å². The van der Waals surface area contributed by atoms with Crippen molar-refractivity contribution in [2.75, 3.05) is 37.7 Å². The topological polar surface area (TPSA) is 49.9 Å². The number of amides is 2. The minimum Gasteiger partial charge on any atom is -0.381 e. The van der Waals surface area contributed by atoms with Crippen LogP contribution in [-0.4, -0.2) is 49.6 Å². The Bertz CT molecular complexity index is 697. The average Bonchev–Trinajstić information content (AvgIpc) is 3.03. The van der Waals surface area contributed by atoms with E-state index in [-0.39, 0.29) is 35.4 Å². The fraction of sp³-hybridized carbons (Fsp3) is 0.600. The van der Waals surface area contributed by atoms with Crippen LogP contribution in [0.3, 0.4) is 0 Å². The van der Waals surface area contributed by atoms with E-state index in [1.807, 2.05) is 4.90 Å². The second kappa shape index (κ2) is 6.99. The SMILES string of the molecule is O=C([C@H]1CC(=O)N(c2cccc(F)c2)C1)N1CCCC2(CCOCC2)C1. The van der Waals surface area contributed by atoms with E-state index in [4.69, 9.17) is 4.74 Å². The first kappa shape index (κ1) is 17.5. The smallest absolute Gasteiger partial charge is 0.228 e. The van der Waals surface area contributed by atoms with Gasteiger partial charge in [0, 0.05) is 45.0 Å². The summed E-state index contributed by atoms with van der Waals surface area (Å²) in [6.45, 7) is 3.44. The number of halogens is 1. The molecule has 3 saturated heterocycles. The molecule has 26 heavy (non-hydrogen) atoms. The molecular weight excluding hydrogens is 335 g/mol. The minimum absolute atomic E-state index is 0.0721. The van der Waals surface area contributed by atoms with Gasteiger partial charge in [0.1, 0.15) is 5.82 Å². The Kier molecular flexibility index (Phi) is 4.69. The molecule has 0 aliphatic carbocycles. The highest BCUT2D eigenvalue weighted by Crippen LogP contribution is 2.40. The lowest BCUT2D eigenvalue weighted by Crippen LogP contribution is -2.50. The highest BCUT2D eigenvalue weighted by Gasteiger charge is 2.42. The van der Waals surface area contributed by atoms with Gasteiger partial charge in [-0.05, 0) is 49.3 Å². The minimum atomic E-state index is -0.373. The Labute approximate surface area is 153 Å². The molecule has 0 unspecified atom stereocenters. The normalized spacial score (nSPS) is 25.7. The Hall–Kier alpha value is -1.95. The summed E-state index contributed by atoms with van der Waals surface area (Å²) in [6.07, 6.45) is 4.40. The van der Waals surface area contributed by atoms with Crippen molar-refractivity contribution in [3.05, 3.63) is 30.1 Å². The lowest BCUT2D eigenvalue weighted by atomic mass is 9.73. The van der Waals surface area contributed by atoms with Gasteiger partial charge < -0.3 is 14.5 Å². The van der Waals surface area contributed by atoms with E-state index < -0.39 is 0 Å². The predicted molar refractivity (Wildman–Crippen MR) is 95.2 cm³/mol. The lowest BCUT2D eigenvalue weighted by molar-refractivity contribution is -0.141. The van der Waals surface area contributed by atoms with Gasteiger partial charge in [-0.2, -0.15) is 0 Å². The van der Waals surface area contributed by atoms with Gasteiger partial charge in [0.05, 0.1) is 5.92 Å². The molecule has 5 nitrogen and oxygen atoms in total. The average molecular weight is 360 g/mol. The van der Waals surface area contributed by atoms with E-state index in [0.717, 1.165) is 52.0 Å². The number of likely N-dealkylation sites (tertiary alicyclic amines) is 1. The van der Waals surface area contributed by atoms with E-state index in [9.17, 15) is 14.0 Å². The Morgan fingerprint density at radius 3 is 2.81 bits per heavy atom. The molecule has 2 amide bonds. The predicted octanol–water partition coefficient (Wildman–Crippen LogP) is 2.60. The number of piperidine rings is 1. The summed E-state index contributed by atoms with van der Waals surface area (Å²) in [6, 6.07) is 6.01. The first-order valence-electron chi connectivity index (χ1n) is 9.49. The van der Waals surface area contributed by atoms with Gasteiger partial charge in [-0.25, -0.2) is 4.39 Å². The highest BCUT2D eigenvalue weighted by molar-refractivity contribution is 6.00. The summed E-state index contributed by atoms with van der Waals surface area (Å²) in [7, 11) is 0. The third-order valence-electron chi connectivity index (χ3n) is 6.12. The monoisotopic (exact) mass is 360 g/mol. The Morgan fingerprint density at radius 1 is 1.23 bits per heavy atom. The lowest BCUT2D eigenvalue weighted by Gasteiger charge is -2.45. The van der Waals surface area contributed by atoms with Crippen LogP contribution in [0.5, 0.6) is 0 Å².